The molecule has 1 aromatic carbocycles. The van der Waals surface area contributed by atoms with Crippen molar-refractivity contribution in [1.29, 1.82) is 0 Å². The highest BCUT2D eigenvalue weighted by molar-refractivity contribution is 6.62. The maximum atomic E-state index is 9.29. The predicted molar refractivity (Wildman–Crippen MR) is 61.3 cm³/mol. The van der Waals surface area contributed by atoms with E-state index in [-0.39, 0.29) is 0 Å². The lowest BCUT2D eigenvalue weighted by atomic mass is 9.78. The van der Waals surface area contributed by atoms with Crippen LogP contribution in [0.25, 0.3) is 22.1 Å². The van der Waals surface area contributed by atoms with Gasteiger partial charge in [0.25, 0.3) is 0 Å². The number of fused-ring (bicyclic) bond motifs is 3. The highest BCUT2D eigenvalue weighted by Crippen LogP contribution is 2.25. The minimum absolute atomic E-state index is 0.412. The second kappa shape index (κ2) is 3.33. The molecule has 0 fully saturated rings. The molecule has 78 valence electrons. The summed E-state index contributed by atoms with van der Waals surface area (Å²) in [7, 11) is -1.52. The molecule has 2 heterocycles. The summed E-state index contributed by atoms with van der Waals surface area (Å²) < 4.78 is 5.56. The smallest absolute Gasteiger partial charge is 0.454 e. The Labute approximate surface area is 91.3 Å². The molecule has 0 aliphatic rings. The third kappa shape index (κ3) is 1.22. The van der Waals surface area contributed by atoms with Gasteiger partial charge in [0.1, 0.15) is 11.1 Å². The fourth-order valence-electron chi connectivity index (χ4n) is 1.88. The molecule has 0 bridgehead atoms. The van der Waals surface area contributed by atoms with E-state index in [1.54, 1.807) is 36.5 Å². The summed E-state index contributed by atoms with van der Waals surface area (Å²) in [5, 5.41) is 19.2. The number of nitrogens with zero attached hydrogens (tertiary/aromatic N) is 1. The van der Waals surface area contributed by atoms with Gasteiger partial charge in [-0.3, -0.25) is 4.98 Å². The quantitative estimate of drug-likeness (QED) is 0.582. The van der Waals surface area contributed by atoms with Gasteiger partial charge in [0.15, 0.2) is 5.58 Å². The summed E-state index contributed by atoms with van der Waals surface area (Å²) in [6, 6.07) is 8.73. The molecule has 3 rings (SSSR count). The van der Waals surface area contributed by atoms with E-state index in [0.717, 1.165) is 0 Å². The van der Waals surface area contributed by atoms with Crippen molar-refractivity contribution in [3.05, 3.63) is 36.5 Å². The Kier molecular flexibility index (Phi) is 1.95. The predicted octanol–water partition coefficient (Wildman–Crippen LogP) is 0.661. The van der Waals surface area contributed by atoms with Gasteiger partial charge in [-0.1, -0.05) is 12.1 Å². The second-order valence-electron chi connectivity index (χ2n) is 3.55. The summed E-state index contributed by atoms with van der Waals surface area (Å²) in [5.74, 6) is 0. The number of aromatic nitrogens is 1. The molecule has 2 N–H and O–H groups in total. The fraction of sp³-hybridized carbons (Fsp3) is 0. The van der Waals surface area contributed by atoms with E-state index in [1.807, 2.05) is 0 Å². The summed E-state index contributed by atoms with van der Waals surface area (Å²) in [6.07, 6.45) is 1.65. The Morgan fingerprint density at radius 2 is 1.88 bits per heavy atom. The minimum atomic E-state index is -1.52. The summed E-state index contributed by atoms with van der Waals surface area (Å²) in [6.45, 7) is 0. The first-order chi connectivity index (χ1) is 7.77. The van der Waals surface area contributed by atoms with Crippen molar-refractivity contribution in [2.75, 3.05) is 0 Å². The van der Waals surface area contributed by atoms with Crippen LogP contribution in [0.15, 0.2) is 40.9 Å². The van der Waals surface area contributed by atoms with E-state index in [2.05, 4.69) is 4.98 Å². The van der Waals surface area contributed by atoms with Gasteiger partial charge in [-0.25, -0.2) is 0 Å². The largest absolute Gasteiger partial charge is 0.489 e. The zero-order valence-electron chi connectivity index (χ0n) is 8.29. The van der Waals surface area contributed by atoms with Crippen LogP contribution in [0, 0.1) is 0 Å². The van der Waals surface area contributed by atoms with Crippen molar-refractivity contribution in [2.24, 2.45) is 0 Å². The first-order valence-electron chi connectivity index (χ1n) is 4.89. The zero-order valence-corrected chi connectivity index (χ0v) is 8.29. The molecule has 2 aromatic heterocycles. The average Bonchev–Trinajstić information content (AvgIpc) is 2.66. The van der Waals surface area contributed by atoms with Crippen molar-refractivity contribution >= 4 is 34.7 Å². The number of hydrogen-bond donors (Lipinski definition) is 2. The molecule has 0 amide bonds. The molecule has 0 aliphatic heterocycles. The number of pyridine rings is 1. The third-order valence-electron chi connectivity index (χ3n) is 2.56. The lowest BCUT2D eigenvalue weighted by molar-refractivity contribution is 0.426. The Bertz CT molecular complexity index is 662. The molecule has 0 spiro atoms. The maximum absolute atomic E-state index is 9.29. The SMILES string of the molecule is OB(O)c1cccc2oc3cccnc3c12. The summed E-state index contributed by atoms with van der Waals surface area (Å²) in [4.78, 5) is 4.20. The van der Waals surface area contributed by atoms with Gasteiger partial charge in [-0.15, -0.1) is 0 Å². The van der Waals surface area contributed by atoms with E-state index in [1.165, 1.54) is 0 Å². The van der Waals surface area contributed by atoms with Gasteiger partial charge < -0.3 is 14.5 Å². The van der Waals surface area contributed by atoms with Gasteiger partial charge in [-0.2, -0.15) is 0 Å². The number of furan rings is 1. The molecule has 3 aromatic rings. The van der Waals surface area contributed by atoms with Crippen molar-refractivity contribution in [3.8, 4) is 0 Å². The minimum Gasteiger partial charge on any atom is -0.454 e. The zero-order chi connectivity index (χ0) is 11.1. The monoisotopic (exact) mass is 213 g/mol. The van der Waals surface area contributed by atoms with Gasteiger partial charge in [0.05, 0.1) is 0 Å². The van der Waals surface area contributed by atoms with E-state index >= 15 is 0 Å². The van der Waals surface area contributed by atoms with Crippen LogP contribution in [0.5, 0.6) is 0 Å². The lowest BCUT2D eigenvalue weighted by Crippen LogP contribution is -2.30. The Morgan fingerprint density at radius 1 is 1.06 bits per heavy atom. The number of rotatable bonds is 1. The molecule has 0 aliphatic carbocycles. The van der Waals surface area contributed by atoms with E-state index in [4.69, 9.17) is 4.42 Å². The fourth-order valence-corrected chi connectivity index (χ4v) is 1.88. The standard InChI is InChI=1S/C11H8BNO3/c14-12(15)7-3-1-4-8-10(7)11-9(16-8)5-2-6-13-11/h1-6,14-15H. The molecule has 0 radical (unpaired) electrons. The van der Waals surface area contributed by atoms with Crippen molar-refractivity contribution < 1.29 is 14.5 Å². The molecular weight excluding hydrogens is 205 g/mol. The van der Waals surface area contributed by atoms with Crippen LogP contribution in [-0.4, -0.2) is 22.2 Å². The van der Waals surface area contributed by atoms with Crippen LogP contribution >= 0.6 is 0 Å². The second-order valence-corrected chi connectivity index (χ2v) is 3.55. The molecular formula is C11H8BNO3. The molecule has 0 unspecified atom stereocenters. The van der Waals surface area contributed by atoms with Gasteiger partial charge >= 0.3 is 7.12 Å². The molecule has 0 saturated carbocycles. The number of hydrogen-bond acceptors (Lipinski definition) is 4. The van der Waals surface area contributed by atoms with Crippen molar-refractivity contribution in [1.82, 2.24) is 4.98 Å². The van der Waals surface area contributed by atoms with Gasteiger partial charge in [-0.05, 0) is 23.7 Å². The van der Waals surface area contributed by atoms with Crippen molar-refractivity contribution in [3.63, 3.8) is 0 Å². The van der Waals surface area contributed by atoms with E-state index < -0.39 is 7.12 Å². The van der Waals surface area contributed by atoms with Crippen LogP contribution in [0.3, 0.4) is 0 Å². The van der Waals surface area contributed by atoms with Crippen LogP contribution in [0.1, 0.15) is 0 Å². The highest BCUT2D eigenvalue weighted by atomic mass is 16.4. The Balaban J connectivity index is 2.53. The van der Waals surface area contributed by atoms with E-state index in [9.17, 15) is 10.0 Å². The summed E-state index contributed by atoms with van der Waals surface area (Å²) in [5.41, 5.74) is 2.32. The first kappa shape index (κ1) is 9.39. The Hall–Kier alpha value is -1.85. The Morgan fingerprint density at radius 3 is 2.69 bits per heavy atom. The molecule has 16 heavy (non-hydrogen) atoms. The van der Waals surface area contributed by atoms with Gasteiger partial charge in [0, 0.05) is 11.6 Å². The van der Waals surface area contributed by atoms with Crippen LogP contribution in [0.2, 0.25) is 0 Å². The van der Waals surface area contributed by atoms with E-state index in [0.29, 0.717) is 27.5 Å². The lowest BCUT2D eigenvalue weighted by Gasteiger charge is -1.99. The van der Waals surface area contributed by atoms with Gasteiger partial charge in [0.2, 0.25) is 0 Å². The molecule has 5 heteroatoms. The molecule has 0 saturated heterocycles. The summed E-state index contributed by atoms with van der Waals surface area (Å²) >= 11 is 0. The first-order valence-corrected chi connectivity index (χ1v) is 4.89. The molecule has 4 nitrogen and oxygen atoms in total. The van der Waals surface area contributed by atoms with Crippen LogP contribution < -0.4 is 5.46 Å². The highest BCUT2D eigenvalue weighted by Gasteiger charge is 2.19. The van der Waals surface area contributed by atoms with Crippen LogP contribution in [0.4, 0.5) is 0 Å². The topological polar surface area (TPSA) is 66.5 Å². The third-order valence-corrected chi connectivity index (χ3v) is 2.56. The number of benzene rings is 1. The average molecular weight is 213 g/mol. The van der Waals surface area contributed by atoms with Crippen LogP contribution in [-0.2, 0) is 0 Å². The van der Waals surface area contributed by atoms with Crippen molar-refractivity contribution in [2.45, 2.75) is 0 Å². The normalized spacial score (nSPS) is 11.1. The maximum Gasteiger partial charge on any atom is 0.489 e. The molecule has 0 atom stereocenters.